The van der Waals surface area contributed by atoms with Gasteiger partial charge in [-0.05, 0) is 43.5 Å². The zero-order valence-electron chi connectivity index (χ0n) is 16.0. The van der Waals surface area contributed by atoms with Crippen LogP contribution < -0.4 is 14.2 Å². The molecule has 0 saturated carbocycles. The Kier molecular flexibility index (Phi) is 6.11. The van der Waals surface area contributed by atoms with E-state index in [-0.39, 0.29) is 12.0 Å². The number of hydrogen-bond acceptors (Lipinski definition) is 6. The van der Waals surface area contributed by atoms with Gasteiger partial charge in [-0.1, -0.05) is 6.07 Å². The smallest absolute Gasteiger partial charge is 0.233 e. The molecule has 1 aromatic heterocycles. The number of ether oxygens (including phenoxy) is 3. The lowest BCUT2D eigenvalue weighted by Crippen LogP contribution is -2.45. The van der Waals surface area contributed by atoms with Gasteiger partial charge in [-0.25, -0.2) is 0 Å². The summed E-state index contributed by atoms with van der Waals surface area (Å²) in [4.78, 5) is 14.6. The van der Waals surface area contributed by atoms with E-state index >= 15 is 0 Å². The Morgan fingerprint density at radius 2 is 1.96 bits per heavy atom. The zero-order chi connectivity index (χ0) is 19.2. The van der Waals surface area contributed by atoms with E-state index in [1.807, 2.05) is 42.2 Å². The molecule has 27 heavy (non-hydrogen) atoms. The van der Waals surface area contributed by atoms with Gasteiger partial charge in [0.05, 0.1) is 32.9 Å². The van der Waals surface area contributed by atoms with Crippen molar-refractivity contribution in [3.63, 3.8) is 0 Å². The largest absolute Gasteiger partial charge is 0.493 e. The molecular formula is C20H25N3O4. The van der Waals surface area contributed by atoms with Crippen molar-refractivity contribution in [2.75, 3.05) is 27.3 Å². The SMILES string of the molecule is COc1ccc(CC(=O)N2CCCC(Oc3ccc(C)nn3)C2)cc1OC. The molecule has 1 aromatic carbocycles. The Morgan fingerprint density at radius 1 is 1.15 bits per heavy atom. The Morgan fingerprint density at radius 3 is 2.67 bits per heavy atom. The average molecular weight is 371 g/mol. The average Bonchev–Trinajstić information content (AvgIpc) is 2.70. The fourth-order valence-electron chi connectivity index (χ4n) is 3.16. The summed E-state index contributed by atoms with van der Waals surface area (Å²) in [6.45, 7) is 3.18. The van der Waals surface area contributed by atoms with Crippen molar-refractivity contribution in [3.8, 4) is 17.4 Å². The van der Waals surface area contributed by atoms with Crippen LogP contribution in [0.15, 0.2) is 30.3 Å². The quantitative estimate of drug-likeness (QED) is 0.776. The maximum absolute atomic E-state index is 12.7. The number of piperidine rings is 1. The van der Waals surface area contributed by atoms with Crippen molar-refractivity contribution < 1.29 is 19.0 Å². The van der Waals surface area contributed by atoms with Gasteiger partial charge in [0.25, 0.3) is 0 Å². The topological polar surface area (TPSA) is 73.8 Å². The zero-order valence-corrected chi connectivity index (χ0v) is 16.0. The lowest BCUT2D eigenvalue weighted by atomic mass is 10.1. The molecule has 1 atom stereocenters. The van der Waals surface area contributed by atoms with E-state index < -0.39 is 0 Å². The molecule has 7 heteroatoms. The monoisotopic (exact) mass is 371 g/mol. The molecule has 7 nitrogen and oxygen atoms in total. The number of nitrogens with zero attached hydrogens (tertiary/aromatic N) is 3. The predicted octanol–water partition coefficient (Wildman–Crippen LogP) is 2.41. The summed E-state index contributed by atoms with van der Waals surface area (Å²) in [6, 6.07) is 9.23. The number of aromatic nitrogens is 2. The van der Waals surface area contributed by atoms with E-state index in [0.29, 0.717) is 30.3 Å². The van der Waals surface area contributed by atoms with Crippen molar-refractivity contribution in [3.05, 3.63) is 41.6 Å². The van der Waals surface area contributed by atoms with Crippen molar-refractivity contribution >= 4 is 5.91 Å². The number of aryl methyl sites for hydroxylation is 1. The molecule has 0 aliphatic carbocycles. The summed E-state index contributed by atoms with van der Waals surface area (Å²) in [5.74, 6) is 1.85. The second kappa shape index (κ2) is 8.70. The van der Waals surface area contributed by atoms with Gasteiger partial charge in [0, 0.05) is 12.6 Å². The number of carbonyl (C=O) groups excluding carboxylic acids is 1. The minimum Gasteiger partial charge on any atom is -0.493 e. The molecule has 1 fully saturated rings. The Balaban J connectivity index is 1.60. The first-order chi connectivity index (χ1) is 13.1. The van der Waals surface area contributed by atoms with Gasteiger partial charge in [-0.3, -0.25) is 4.79 Å². The van der Waals surface area contributed by atoms with E-state index in [1.165, 1.54) is 0 Å². The summed E-state index contributed by atoms with van der Waals surface area (Å²) >= 11 is 0. The van der Waals surface area contributed by atoms with Crippen molar-refractivity contribution in [2.24, 2.45) is 0 Å². The molecule has 1 aliphatic rings. The molecule has 1 saturated heterocycles. The maximum atomic E-state index is 12.7. The number of amides is 1. The van der Waals surface area contributed by atoms with Crippen LogP contribution in [0.4, 0.5) is 0 Å². The Labute approximate surface area is 159 Å². The first-order valence-electron chi connectivity index (χ1n) is 9.04. The molecule has 2 heterocycles. The normalized spacial score (nSPS) is 16.7. The second-order valence-corrected chi connectivity index (χ2v) is 6.60. The molecule has 1 aliphatic heterocycles. The third-order valence-corrected chi connectivity index (χ3v) is 4.59. The van der Waals surface area contributed by atoms with Crippen LogP contribution in [0.1, 0.15) is 24.1 Å². The molecule has 0 spiro atoms. The predicted molar refractivity (Wildman–Crippen MR) is 100 cm³/mol. The van der Waals surface area contributed by atoms with Gasteiger partial charge in [0.2, 0.25) is 11.8 Å². The third kappa shape index (κ3) is 4.87. The van der Waals surface area contributed by atoms with E-state index in [1.54, 1.807) is 14.2 Å². The molecule has 0 bridgehead atoms. The van der Waals surface area contributed by atoms with Gasteiger partial charge in [0.15, 0.2) is 11.5 Å². The molecule has 3 rings (SSSR count). The van der Waals surface area contributed by atoms with Gasteiger partial charge < -0.3 is 19.1 Å². The number of rotatable bonds is 6. The number of hydrogen-bond donors (Lipinski definition) is 0. The summed E-state index contributed by atoms with van der Waals surface area (Å²) in [5.41, 5.74) is 1.74. The third-order valence-electron chi connectivity index (χ3n) is 4.59. The Hall–Kier alpha value is -2.83. The fraction of sp³-hybridized carbons (Fsp3) is 0.450. The van der Waals surface area contributed by atoms with Gasteiger partial charge in [-0.2, -0.15) is 5.10 Å². The summed E-state index contributed by atoms with van der Waals surface area (Å²) in [7, 11) is 3.18. The minimum absolute atomic E-state index is 0.0647. The summed E-state index contributed by atoms with van der Waals surface area (Å²) < 4.78 is 16.5. The van der Waals surface area contributed by atoms with Crippen LogP contribution in [0.5, 0.6) is 17.4 Å². The van der Waals surface area contributed by atoms with Crippen molar-refractivity contribution in [1.82, 2.24) is 15.1 Å². The number of benzene rings is 1. The molecule has 1 unspecified atom stereocenters. The standard InChI is InChI=1S/C20H25N3O4/c1-14-6-9-19(22-21-14)27-16-5-4-10-23(13-16)20(24)12-15-7-8-17(25-2)18(11-15)26-3/h6-9,11,16H,4-5,10,12-13H2,1-3H3. The Bertz CT molecular complexity index is 779. The fourth-order valence-corrected chi connectivity index (χ4v) is 3.16. The first kappa shape index (κ1) is 18.9. The molecule has 2 aromatic rings. The van der Waals surface area contributed by atoms with Crippen LogP contribution in [-0.4, -0.2) is 54.4 Å². The molecule has 1 amide bonds. The van der Waals surface area contributed by atoms with E-state index in [2.05, 4.69) is 10.2 Å². The highest BCUT2D eigenvalue weighted by Gasteiger charge is 2.25. The highest BCUT2D eigenvalue weighted by Crippen LogP contribution is 2.28. The van der Waals surface area contributed by atoms with Crippen LogP contribution >= 0.6 is 0 Å². The molecule has 144 valence electrons. The van der Waals surface area contributed by atoms with Crippen LogP contribution in [0.25, 0.3) is 0 Å². The lowest BCUT2D eigenvalue weighted by molar-refractivity contribution is -0.133. The number of carbonyl (C=O) groups is 1. The highest BCUT2D eigenvalue weighted by molar-refractivity contribution is 5.79. The van der Waals surface area contributed by atoms with Crippen LogP contribution in [0.3, 0.4) is 0 Å². The van der Waals surface area contributed by atoms with E-state index in [9.17, 15) is 4.79 Å². The maximum Gasteiger partial charge on any atom is 0.233 e. The molecule has 0 radical (unpaired) electrons. The van der Waals surface area contributed by atoms with E-state index in [0.717, 1.165) is 30.6 Å². The summed E-state index contributed by atoms with van der Waals surface area (Å²) in [5, 5.41) is 8.05. The van der Waals surface area contributed by atoms with E-state index in [4.69, 9.17) is 14.2 Å². The number of likely N-dealkylation sites (tertiary alicyclic amines) is 1. The van der Waals surface area contributed by atoms with Gasteiger partial charge in [-0.15, -0.1) is 5.10 Å². The second-order valence-electron chi connectivity index (χ2n) is 6.60. The van der Waals surface area contributed by atoms with Gasteiger partial charge in [0.1, 0.15) is 6.10 Å². The minimum atomic E-state index is -0.0647. The molecule has 0 N–H and O–H groups in total. The van der Waals surface area contributed by atoms with Crippen LogP contribution in [0.2, 0.25) is 0 Å². The van der Waals surface area contributed by atoms with Crippen LogP contribution in [0, 0.1) is 6.92 Å². The summed E-state index contributed by atoms with van der Waals surface area (Å²) in [6.07, 6.45) is 2.06. The number of methoxy groups -OCH3 is 2. The van der Waals surface area contributed by atoms with Crippen molar-refractivity contribution in [1.29, 1.82) is 0 Å². The van der Waals surface area contributed by atoms with Crippen molar-refractivity contribution in [2.45, 2.75) is 32.3 Å². The van der Waals surface area contributed by atoms with Crippen LogP contribution in [-0.2, 0) is 11.2 Å². The van der Waals surface area contributed by atoms with Gasteiger partial charge >= 0.3 is 0 Å². The first-order valence-corrected chi connectivity index (χ1v) is 9.04. The lowest BCUT2D eigenvalue weighted by Gasteiger charge is -2.32. The molecular weight excluding hydrogens is 346 g/mol. The highest BCUT2D eigenvalue weighted by atomic mass is 16.5.